The molecule has 6 heteroatoms. The SMILES string of the molecule is Cc1ccc2c(c1)NC(c1ccc3c(c1)N(C)C(c1c(F)cccc1Cl)N3)N2. The van der Waals surface area contributed by atoms with E-state index in [1.165, 1.54) is 11.6 Å². The summed E-state index contributed by atoms with van der Waals surface area (Å²) in [5, 5.41) is 10.8. The quantitative estimate of drug-likeness (QED) is 0.507. The van der Waals surface area contributed by atoms with Crippen LogP contribution in [0.5, 0.6) is 0 Å². The van der Waals surface area contributed by atoms with Gasteiger partial charge in [-0.25, -0.2) is 4.39 Å². The van der Waals surface area contributed by atoms with Gasteiger partial charge in [0.25, 0.3) is 0 Å². The molecule has 0 spiro atoms. The third kappa shape index (κ3) is 2.66. The fourth-order valence-corrected chi connectivity index (χ4v) is 4.25. The normalized spacial score (nSPS) is 19.5. The number of fused-ring (bicyclic) bond motifs is 2. The van der Waals surface area contributed by atoms with Gasteiger partial charge in [-0.15, -0.1) is 0 Å². The van der Waals surface area contributed by atoms with Crippen LogP contribution in [0.4, 0.5) is 27.1 Å². The van der Waals surface area contributed by atoms with Crippen molar-refractivity contribution in [2.75, 3.05) is 27.9 Å². The molecular formula is C22H20ClFN4. The smallest absolute Gasteiger partial charge is 0.131 e. The topological polar surface area (TPSA) is 39.3 Å². The Kier molecular flexibility index (Phi) is 3.88. The van der Waals surface area contributed by atoms with E-state index in [-0.39, 0.29) is 18.1 Å². The van der Waals surface area contributed by atoms with Crippen molar-refractivity contribution in [3.63, 3.8) is 0 Å². The largest absolute Gasteiger partial charge is 0.360 e. The van der Waals surface area contributed by atoms with Crippen LogP contribution in [-0.2, 0) is 0 Å². The second-order valence-corrected chi connectivity index (χ2v) is 7.75. The van der Waals surface area contributed by atoms with Crippen LogP contribution in [0.15, 0.2) is 54.6 Å². The molecule has 28 heavy (non-hydrogen) atoms. The van der Waals surface area contributed by atoms with Crippen molar-refractivity contribution in [2.45, 2.75) is 19.3 Å². The zero-order valence-corrected chi connectivity index (χ0v) is 16.3. The average molecular weight is 395 g/mol. The summed E-state index contributed by atoms with van der Waals surface area (Å²) in [6, 6.07) is 17.3. The summed E-state index contributed by atoms with van der Waals surface area (Å²) in [6.45, 7) is 2.08. The first-order chi connectivity index (χ1) is 13.5. The summed E-state index contributed by atoms with van der Waals surface area (Å²) in [7, 11) is 1.95. The lowest BCUT2D eigenvalue weighted by molar-refractivity contribution is 0.593. The molecule has 0 aliphatic carbocycles. The van der Waals surface area contributed by atoms with Crippen LogP contribution in [0.3, 0.4) is 0 Å². The van der Waals surface area contributed by atoms with Gasteiger partial charge in [0, 0.05) is 12.6 Å². The monoisotopic (exact) mass is 394 g/mol. The molecule has 2 aliphatic heterocycles. The van der Waals surface area contributed by atoms with E-state index in [9.17, 15) is 4.39 Å². The average Bonchev–Trinajstić information content (AvgIpc) is 3.23. The minimum absolute atomic E-state index is 0.00778. The molecule has 0 amide bonds. The van der Waals surface area contributed by atoms with Gasteiger partial charge in [-0.3, -0.25) is 0 Å². The van der Waals surface area contributed by atoms with Gasteiger partial charge >= 0.3 is 0 Å². The molecular weight excluding hydrogens is 375 g/mol. The minimum Gasteiger partial charge on any atom is -0.360 e. The predicted octanol–water partition coefficient (Wildman–Crippen LogP) is 5.88. The summed E-state index contributed by atoms with van der Waals surface area (Å²) in [6.07, 6.45) is -0.352. The number of halogens is 2. The molecule has 2 unspecified atom stereocenters. The fourth-order valence-electron chi connectivity index (χ4n) is 3.98. The summed E-state index contributed by atoms with van der Waals surface area (Å²) in [5.74, 6) is -0.310. The molecule has 5 rings (SSSR count). The summed E-state index contributed by atoms with van der Waals surface area (Å²) >= 11 is 6.29. The van der Waals surface area contributed by atoms with Gasteiger partial charge in [0.15, 0.2) is 0 Å². The molecule has 0 saturated carbocycles. The number of aryl methyl sites for hydroxylation is 1. The number of anilines is 4. The summed E-state index contributed by atoms with van der Waals surface area (Å²) in [4.78, 5) is 2.02. The lowest BCUT2D eigenvalue weighted by atomic mass is 10.1. The van der Waals surface area contributed by atoms with Gasteiger partial charge < -0.3 is 20.9 Å². The Hall–Kier alpha value is -2.92. The number of benzene rings is 3. The highest BCUT2D eigenvalue weighted by atomic mass is 35.5. The summed E-state index contributed by atoms with van der Waals surface area (Å²) in [5.41, 5.74) is 6.97. The van der Waals surface area contributed by atoms with E-state index < -0.39 is 0 Å². The van der Waals surface area contributed by atoms with Crippen LogP contribution in [0.1, 0.15) is 29.0 Å². The van der Waals surface area contributed by atoms with Crippen molar-refractivity contribution in [2.24, 2.45) is 0 Å². The highest BCUT2D eigenvalue weighted by Crippen LogP contribution is 2.44. The second-order valence-electron chi connectivity index (χ2n) is 7.34. The fraction of sp³-hybridized carbons (Fsp3) is 0.182. The maximum atomic E-state index is 14.4. The van der Waals surface area contributed by atoms with E-state index in [2.05, 4.69) is 53.2 Å². The highest BCUT2D eigenvalue weighted by molar-refractivity contribution is 6.31. The summed E-state index contributed by atoms with van der Waals surface area (Å²) < 4.78 is 14.4. The molecule has 4 nitrogen and oxygen atoms in total. The van der Waals surface area contributed by atoms with E-state index in [0.29, 0.717) is 10.6 Å². The minimum atomic E-state index is -0.344. The van der Waals surface area contributed by atoms with Gasteiger partial charge in [0.2, 0.25) is 0 Å². The van der Waals surface area contributed by atoms with E-state index in [1.54, 1.807) is 12.1 Å². The molecule has 2 atom stereocenters. The lowest BCUT2D eigenvalue weighted by Crippen LogP contribution is -2.25. The standard InChI is InChI=1S/C22H20ClFN4/c1-12-6-8-16-18(10-12)26-21(25-16)13-7-9-17-19(11-13)28(2)22(27-17)20-14(23)4-3-5-15(20)24/h3-11,21-22,25-27H,1-2H3. The van der Waals surface area contributed by atoms with Crippen molar-refractivity contribution in [3.05, 3.63) is 82.1 Å². The number of hydrogen-bond donors (Lipinski definition) is 3. The first-order valence-electron chi connectivity index (χ1n) is 9.22. The Morgan fingerprint density at radius 2 is 1.71 bits per heavy atom. The maximum absolute atomic E-state index is 14.4. The Bertz CT molecular complexity index is 1060. The first-order valence-corrected chi connectivity index (χ1v) is 9.60. The van der Waals surface area contributed by atoms with Crippen LogP contribution in [0, 0.1) is 12.7 Å². The molecule has 0 bridgehead atoms. The molecule has 3 aromatic carbocycles. The third-order valence-corrected chi connectivity index (χ3v) is 5.79. The third-order valence-electron chi connectivity index (χ3n) is 5.46. The van der Waals surface area contributed by atoms with Crippen LogP contribution in [0.2, 0.25) is 5.02 Å². The number of nitrogens with one attached hydrogen (secondary N) is 3. The van der Waals surface area contributed by atoms with Gasteiger partial charge in [0.05, 0.1) is 27.8 Å². The molecule has 0 radical (unpaired) electrons. The predicted molar refractivity (Wildman–Crippen MR) is 114 cm³/mol. The number of nitrogens with zero attached hydrogens (tertiary/aromatic N) is 1. The first kappa shape index (κ1) is 17.2. The van der Waals surface area contributed by atoms with Gasteiger partial charge in [-0.2, -0.15) is 0 Å². The van der Waals surface area contributed by atoms with Crippen LogP contribution < -0.4 is 20.9 Å². The van der Waals surface area contributed by atoms with Gasteiger partial charge in [-0.05, 0) is 54.4 Å². The van der Waals surface area contributed by atoms with Crippen molar-refractivity contribution < 1.29 is 4.39 Å². The molecule has 3 aromatic rings. The maximum Gasteiger partial charge on any atom is 0.131 e. The Morgan fingerprint density at radius 1 is 0.929 bits per heavy atom. The van der Waals surface area contributed by atoms with Crippen LogP contribution in [-0.4, -0.2) is 7.05 Å². The number of rotatable bonds is 2. The number of hydrogen-bond acceptors (Lipinski definition) is 4. The molecule has 142 valence electrons. The Morgan fingerprint density at radius 3 is 2.54 bits per heavy atom. The van der Waals surface area contributed by atoms with E-state index in [1.807, 2.05) is 18.0 Å². The van der Waals surface area contributed by atoms with Gasteiger partial charge in [0.1, 0.15) is 18.1 Å². The van der Waals surface area contributed by atoms with Crippen molar-refractivity contribution in [1.82, 2.24) is 0 Å². The van der Waals surface area contributed by atoms with Crippen LogP contribution in [0.25, 0.3) is 0 Å². The lowest BCUT2D eigenvalue weighted by Gasteiger charge is -2.24. The van der Waals surface area contributed by atoms with Gasteiger partial charge in [-0.1, -0.05) is 29.8 Å². The second kappa shape index (κ2) is 6.31. The van der Waals surface area contributed by atoms with Crippen molar-refractivity contribution >= 4 is 34.4 Å². The highest BCUT2D eigenvalue weighted by Gasteiger charge is 2.32. The van der Waals surface area contributed by atoms with Crippen molar-refractivity contribution in [1.29, 1.82) is 0 Å². The molecule has 3 N–H and O–H groups in total. The van der Waals surface area contributed by atoms with E-state index in [0.717, 1.165) is 28.3 Å². The molecule has 0 fully saturated rings. The molecule has 0 aromatic heterocycles. The van der Waals surface area contributed by atoms with Crippen LogP contribution >= 0.6 is 11.6 Å². The Labute approximate surface area is 168 Å². The Balaban J connectivity index is 1.45. The zero-order chi connectivity index (χ0) is 19.4. The van der Waals surface area contributed by atoms with E-state index in [4.69, 9.17) is 11.6 Å². The van der Waals surface area contributed by atoms with Crippen molar-refractivity contribution in [3.8, 4) is 0 Å². The van der Waals surface area contributed by atoms with E-state index >= 15 is 0 Å². The molecule has 2 heterocycles. The molecule has 2 aliphatic rings. The zero-order valence-electron chi connectivity index (χ0n) is 15.6. The molecule has 0 saturated heterocycles.